The third-order valence-corrected chi connectivity index (χ3v) is 5.90. The molecular formula is C24H24N2O5. The Morgan fingerprint density at radius 1 is 0.968 bits per heavy atom. The molecule has 160 valence electrons. The number of ether oxygens (including phenoxy) is 2. The Labute approximate surface area is 179 Å². The van der Waals surface area contributed by atoms with Gasteiger partial charge in [0.15, 0.2) is 0 Å². The summed E-state index contributed by atoms with van der Waals surface area (Å²) in [6.45, 7) is 1.51. The van der Waals surface area contributed by atoms with Gasteiger partial charge in [-0.1, -0.05) is 36.4 Å². The quantitative estimate of drug-likeness (QED) is 0.637. The van der Waals surface area contributed by atoms with E-state index in [1.54, 1.807) is 4.90 Å². The minimum Gasteiger partial charge on any atom is -0.469 e. The summed E-state index contributed by atoms with van der Waals surface area (Å²) in [7, 11) is 2.71. The largest absolute Gasteiger partial charge is 0.469 e. The summed E-state index contributed by atoms with van der Waals surface area (Å²) in [5.41, 5.74) is 4.01. The first-order valence-corrected chi connectivity index (χ1v) is 10.1. The fourth-order valence-electron chi connectivity index (χ4n) is 4.58. The maximum Gasteiger partial charge on any atom is 0.310 e. The second-order valence-electron chi connectivity index (χ2n) is 7.60. The van der Waals surface area contributed by atoms with Crippen LogP contribution in [0.15, 0.2) is 48.5 Å². The molecule has 1 aliphatic rings. The number of amides is 1. The number of carbonyl (C=O) groups excluding carboxylic acids is 3. The van der Waals surface area contributed by atoms with Crippen LogP contribution in [0.4, 0.5) is 5.69 Å². The van der Waals surface area contributed by atoms with Crippen LogP contribution in [0.1, 0.15) is 42.1 Å². The van der Waals surface area contributed by atoms with E-state index in [-0.39, 0.29) is 36.6 Å². The van der Waals surface area contributed by atoms with Crippen LogP contribution in [0.25, 0.3) is 10.9 Å². The van der Waals surface area contributed by atoms with Crippen molar-refractivity contribution in [1.29, 1.82) is 0 Å². The maximum atomic E-state index is 12.8. The van der Waals surface area contributed by atoms with E-state index in [1.807, 2.05) is 48.5 Å². The number of hydrogen-bond donors (Lipinski definition) is 1. The average Bonchev–Trinajstić information content (AvgIpc) is 3.29. The van der Waals surface area contributed by atoms with Gasteiger partial charge >= 0.3 is 11.9 Å². The van der Waals surface area contributed by atoms with Crippen LogP contribution < -0.4 is 4.90 Å². The van der Waals surface area contributed by atoms with Gasteiger partial charge in [0.2, 0.25) is 5.91 Å². The molecule has 7 nitrogen and oxygen atoms in total. The first-order chi connectivity index (χ1) is 15.0. The minimum atomic E-state index is -0.485. The molecule has 1 aromatic heterocycles. The molecule has 4 rings (SSSR count). The summed E-state index contributed by atoms with van der Waals surface area (Å²) in [5, 5.41) is 0.888. The average molecular weight is 420 g/mol. The lowest BCUT2D eigenvalue weighted by Crippen LogP contribution is -2.33. The van der Waals surface area contributed by atoms with Crippen LogP contribution in [0, 0.1) is 0 Å². The number of H-pyrrole nitrogens is 1. The van der Waals surface area contributed by atoms with Gasteiger partial charge in [-0.05, 0) is 23.3 Å². The molecule has 0 radical (unpaired) electrons. The molecule has 2 atom stereocenters. The zero-order valence-corrected chi connectivity index (χ0v) is 17.7. The Morgan fingerprint density at radius 3 is 2.35 bits per heavy atom. The van der Waals surface area contributed by atoms with Crippen molar-refractivity contribution < 1.29 is 23.9 Å². The monoisotopic (exact) mass is 420 g/mol. The highest BCUT2D eigenvalue weighted by Gasteiger charge is 2.44. The summed E-state index contributed by atoms with van der Waals surface area (Å²) < 4.78 is 9.88. The van der Waals surface area contributed by atoms with Crippen LogP contribution in [0.2, 0.25) is 0 Å². The highest BCUT2D eigenvalue weighted by atomic mass is 16.5. The molecule has 1 amide bonds. The van der Waals surface area contributed by atoms with Crippen molar-refractivity contribution in [2.45, 2.75) is 31.7 Å². The van der Waals surface area contributed by atoms with Crippen molar-refractivity contribution in [2.24, 2.45) is 0 Å². The minimum absolute atomic E-state index is 0.0549. The SMILES string of the molecule is COC(=O)Cc1c([C@H]2[C@H](CC(=O)OC)c3ccccc3N2C(C)=O)[nH]c2ccccc12. The summed E-state index contributed by atoms with van der Waals surface area (Å²) in [6, 6.07) is 14.8. The van der Waals surface area contributed by atoms with Gasteiger partial charge < -0.3 is 19.4 Å². The first kappa shape index (κ1) is 20.7. The molecule has 0 aliphatic carbocycles. The van der Waals surface area contributed by atoms with Gasteiger partial charge in [0, 0.05) is 35.1 Å². The molecule has 0 unspecified atom stereocenters. The van der Waals surface area contributed by atoms with E-state index < -0.39 is 6.04 Å². The predicted molar refractivity (Wildman–Crippen MR) is 116 cm³/mol. The van der Waals surface area contributed by atoms with Gasteiger partial charge in [0.05, 0.1) is 33.1 Å². The molecule has 0 saturated carbocycles. The first-order valence-electron chi connectivity index (χ1n) is 10.1. The lowest BCUT2D eigenvalue weighted by Gasteiger charge is -2.28. The van der Waals surface area contributed by atoms with Gasteiger partial charge in [-0.2, -0.15) is 0 Å². The number of para-hydroxylation sites is 2. The van der Waals surface area contributed by atoms with Crippen LogP contribution in [-0.4, -0.2) is 37.0 Å². The van der Waals surface area contributed by atoms with Gasteiger partial charge in [-0.25, -0.2) is 0 Å². The molecule has 0 spiro atoms. The number of nitrogens with one attached hydrogen (secondary N) is 1. The van der Waals surface area contributed by atoms with E-state index in [1.165, 1.54) is 21.1 Å². The molecule has 0 saturated heterocycles. The highest BCUT2D eigenvalue weighted by molar-refractivity contribution is 5.97. The van der Waals surface area contributed by atoms with E-state index in [9.17, 15) is 14.4 Å². The van der Waals surface area contributed by atoms with Crippen LogP contribution >= 0.6 is 0 Å². The number of aromatic amines is 1. The van der Waals surface area contributed by atoms with Crippen molar-refractivity contribution in [3.63, 3.8) is 0 Å². The van der Waals surface area contributed by atoms with Crippen molar-refractivity contribution >= 4 is 34.4 Å². The Morgan fingerprint density at radius 2 is 1.65 bits per heavy atom. The van der Waals surface area contributed by atoms with Gasteiger partial charge in [0.1, 0.15) is 0 Å². The Kier molecular flexibility index (Phi) is 5.50. The smallest absolute Gasteiger partial charge is 0.310 e. The summed E-state index contributed by atoms with van der Waals surface area (Å²) in [6.07, 6.45) is 0.161. The van der Waals surface area contributed by atoms with E-state index in [0.717, 1.165) is 33.4 Å². The maximum absolute atomic E-state index is 12.8. The van der Waals surface area contributed by atoms with Crippen LogP contribution in [-0.2, 0) is 30.3 Å². The van der Waals surface area contributed by atoms with Crippen molar-refractivity contribution in [1.82, 2.24) is 4.98 Å². The zero-order valence-electron chi connectivity index (χ0n) is 17.7. The summed E-state index contributed by atoms with van der Waals surface area (Å²) in [4.78, 5) is 42.5. The lowest BCUT2D eigenvalue weighted by atomic mass is 9.88. The van der Waals surface area contributed by atoms with E-state index >= 15 is 0 Å². The second kappa shape index (κ2) is 8.26. The van der Waals surface area contributed by atoms with E-state index in [2.05, 4.69) is 4.98 Å². The fraction of sp³-hybridized carbons (Fsp3) is 0.292. The number of carbonyl (C=O) groups is 3. The number of esters is 2. The van der Waals surface area contributed by atoms with E-state index in [0.29, 0.717) is 0 Å². The summed E-state index contributed by atoms with van der Waals surface area (Å²) in [5.74, 6) is -1.20. The number of rotatable bonds is 5. The standard InChI is InChI=1S/C24H24N2O5/c1-14(27)26-20-11-7-5-9-16(20)18(13-22(29)31-3)24(26)23-17(12-21(28)30-2)15-8-4-6-10-19(15)25-23/h4-11,18,24-25H,12-13H2,1-3H3/t18-,24-/m1/s1. The Balaban J connectivity index is 1.94. The molecule has 2 heterocycles. The van der Waals surface area contributed by atoms with Crippen LogP contribution in [0.3, 0.4) is 0 Å². The van der Waals surface area contributed by atoms with Gasteiger partial charge in [0.25, 0.3) is 0 Å². The molecule has 2 aromatic carbocycles. The lowest BCUT2D eigenvalue weighted by molar-refractivity contribution is -0.141. The van der Waals surface area contributed by atoms with Crippen molar-refractivity contribution in [2.75, 3.05) is 19.1 Å². The van der Waals surface area contributed by atoms with Crippen LogP contribution in [0.5, 0.6) is 0 Å². The number of aromatic nitrogens is 1. The van der Waals surface area contributed by atoms with Gasteiger partial charge in [-0.15, -0.1) is 0 Å². The fourth-order valence-corrected chi connectivity index (χ4v) is 4.58. The topological polar surface area (TPSA) is 88.7 Å². The molecule has 0 fully saturated rings. The highest BCUT2D eigenvalue weighted by Crippen LogP contribution is 2.51. The molecule has 31 heavy (non-hydrogen) atoms. The number of fused-ring (bicyclic) bond motifs is 2. The second-order valence-corrected chi connectivity index (χ2v) is 7.60. The van der Waals surface area contributed by atoms with Gasteiger partial charge in [-0.3, -0.25) is 14.4 Å². The molecule has 1 N–H and O–H groups in total. The number of benzene rings is 2. The third-order valence-electron chi connectivity index (χ3n) is 5.90. The number of nitrogens with zero attached hydrogens (tertiary/aromatic N) is 1. The number of anilines is 1. The molecule has 7 heteroatoms. The number of hydrogen-bond acceptors (Lipinski definition) is 5. The molecular weight excluding hydrogens is 396 g/mol. The normalized spacial score (nSPS) is 17.5. The molecule has 3 aromatic rings. The molecule has 0 bridgehead atoms. The Bertz CT molecular complexity index is 1170. The zero-order chi connectivity index (χ0) is 22.1. The predicted octanol–water partition coefficient (Wildman–Crippen LogP) is 3.64. The number of methoxy groups -OCH3 is 2. The van der Waals surface area contributed by atoms with E-state index in [4.69, 9.17) is 9.47 Å². The van der Waals surface area contributed by atoms with Crippen molar-refractivity contribution in [3.05, 3.63) is 65.4 Å². The van der Waals surface area contributed by atoms with Crippen molar-refractivity contribution in [3.8, 4) is 0 Å². The summed E-state index contributed by atoms with van der Waals surface area (Å²) >= 11 is 0. The third kappa shape index (κ3) is 3.56. The molecule has 1 aliphatic heterocycles. The Hall–Kier alpha value is -3.61.